The number of hydrogen-bond donors (Lipinski definition) is 1. The van der Waals surface area contributed by atoms with Crippen molar-refractivity contribution in [1.82, 2.24) is 9.78 Å². The molecule has 0 unspecified atom stereocenters. The minimum Gasteiger partial charge on any atom is -0.307 e. The highest BCUT2D eigenvalue weighted by Crippen LogP contribution is 2.17. The van der Waals surface area contributed by atoms with E-state index < -0.39 is 9.84 Å². The van der Waals surface area contributed by atoms with E-state index in [-0.39, 0.29) is 10.8 Å². The third-order valence-electron chi connectivity index (χ3n) is 3.56. The average Bonchev–Trinajstić information content (AvgIpc) is 2.91. The number of benzene rings is 1. The number of aryl methyl sites for hydroxylation is 2. The smallest absolute Gasteiger partial charge is 0.257 e. The molecule has 124 valence electrons. The van der Waals surface area contributed by atoms with Gasteiger partial charge in [-0.05, 0) is 31.0 Å². The summed E-state index contributed by atoms with van der Waals surface area (Å²) in [5, 5.41) is 6.99. The predicted molar refractivity (Wildman–Crippen MR) is 89.4 cm³/mol. The summed E-state index contributed by atoms with van der Waals surface area (Å²) in [6.07, 6.45) is 4.75. The van der Waals surface area contributed by atoms with Crippen LogP contribution in [0.1, 0.15) is 35.7 Å². The fraction of sp³-hybridized carbons (Fsp3) is 0.375. The van der Waals surface area contributed by atoms with E-state index in [0.717, 1.165) is 31.2 Å². The number of amides is 1. The van der Waals surface area contributed by atoms with E-state index in [4.69, 9.17) is 0 Å². The van der Waals surface area contributed by atoms with E-state index in [1.807, 2.05) is 0 Å². The summed E-state index contributed by atoms with van der Waals surface area (Å²) in [5.74, 6) is 0.263. The van der Waals surface area contributed by atoms with Gasteiger partial charge in [-0.25, -0.2) is 13.1 Å². The molecular formula is C16H21N3O3S. The molecule has 1 amide bonds. The molecule has 2 rings (SSSR count). The lowest BCUT2D eigenvalue weighted by Gasteiger charge is -2.11. The number of anilines is 1. The largest absolute Gasteiger partial charge is 0.307 e. The lowest BCUT2D eigenvalue weighted by Crippen LogP contribution is -2.17. The number of hydrogen-bond acceptors (Lipinski definition) is 4. The Morgan fingerprint density at radius 1 is 1.30 bits per heavy atom. The third-order valence-corrected chi connectivity index (χ3v) is 4.67. The maximum Gasteiger partial charge on any atom is 0.257 e. The Balaban J connectivity index is 2.26. The molecule has 23 heavy (non-hydrogen) atoms. The molecule has 1 N–H and O–H groups in total. The zero-order valence-electron chi connectivity index (χ0n) is 13.5. The number of carbonyl (C=O) groups is 1. The van der Waals surface area contributed by atoms with Crippen molar-refractivity contribution in [3.05, 3.63) is 41.6 Å². The molecular weight excluding hydrogens is 314 g/mol. The maximum atomic E-state index is 12.5. The summed E-state index contributed by atoms with van der Waals surface area (Å²) < 4.78 is 25.1. The van der Waals surface area contributed by atoms with Gasteiger partial charge in [0.1, 0.15) is 5.82 Å². The van der Waals surface area contributed by atoms with Crippen LogP contribution in [0.15, 0.2) is 35.4 Å². The van der Waals surface area contributed by atoms with Crippen LogP contribution in [0.2, 0.25) is 0 Å². The molecule has 7 heteroatoms. The standard InChI is InChI=1S/C16H21N3O3S/c1-4-5-10-19-15(8-9-17-19)18-16(20)14-11-13(23(3,21)22)7-6-12(14)2/h6-9,11H,4-5,10H2,1-3H3,(H,18,20). The Labute approximate surface area is 136 Å². The van der Waals surface area contributed by atoms with Crippen LogP contribution < -0.4 is 5.32 Å². The normalized spacial score (nSPS) is 11.4. The lowest BCUT2D eigenvalue weighted by atomic mass is 10.1. The molecule has 0 spiro atoms. The molecule has 2 aromatic rings. The second-order valence-electron chi connectivity index (χ2n) is 5.50. The first-order valence-electron chi connectivity index (χ1n) is 7.47. The summed E-state index contributed by atoms with van der Waals surface area (Å²) in [6.45, 7) is 4.58. The van der Waals surface area contributed by atoms with Crippen molar-refractivity contribution in [2.24, 2.45) is 0 Å². The molecule has 1 aromatic carbocycles. The molecule has 0 atom stereocenters. The van der Waals surface area contributed by atoms with Gasteiger partial charge in [-0.15, -0.1) is 0 Å². The molecule has 0 bridgehead atoms. The van der Waals surface area contributed by atoms with Gasteiger partial charge in [0.15, 0.2) is 9.84 Å². The highest BCUT2D eigenvalue weighted by atomic mass is 32.2. The molecule has 0 aliphatic heterocycles. The number of aromatic nitrogens is 2. The van der Waals surface area contributed by atoms with E-state index >= 15 is 0 Å². The van der Waals surface area contributed by atoms with E-state index in [2.05, 4.69) is 17.3 Å². The van der Waals surface area contributed by atoms with Crippen LogP contribution in [0.5, 0.6) is 0 Å². The van der Waals surface area contributed by atoms with Crippen molar-refractivity contribution in [1.29, 1.82) is 0 Å². The van der Waals surface area contributed by atoms with Crippen molar-refractivity contribution in [2.45, 2.75) is 38.1 Å². The first-order chi connectivity index (χ1) is 10.8. The summed E-state index contributed by atoms with van der Waals surface area (Å²) in [6, 6.07) is 6.28. The Morgan fingerprint density at radius 3 is 2.70 bits per heavy atom. The quantitative estimate of drug-likeness (QED) is 0.880. The Kier molecular flexibility index (Phi) is 5.20. The van der Waals surface area contributed by atoms with Gasteiger partial charge in [0.05, 0.1) is 11.1 Å². The van der Waals surface area contributed by atoms with E-state index in [1.54, 1.807) is 29.9 Å². The fourth-order valence-corrected chi connectivity index (χ4v) is 2.83. The fourth-order valence-electron chi connectivity index (χ4n) is 2.18. The van der Waals surface area contributed by atoms with Crippen molar-refractivity contribution in [3.63, 3.8) is 0 Å². The molecule has 0 radical (unpaired) electrons. The second-order valence-corrected chi connectivity index (χ2v) is 7.51. The van der Waals surface area contributed by atoms with Crippen LogP contribution >= 0.6 is 0 Å². The highest BCUT2D eigenvalue weighted by Gasteiger charge is 2.15. The van der Waals surface area contributed by atoms with Gasteiger partial charge in [-0.1, -0.05) is 19.4 Å². The van der Waals surface area contributed by atoms with Gasteiger partial charge in [0, 0.05) is 24.4 Å². The van der Waals surface area contributed by atoms with Crippen molar-refractivity contribution in [2.75, 3.05) is 11.6 Å². The summed E-state index contributed by atoms with van der Waals surface area (Å²) in [4.78, 5) is 12.6. The lowest BCUT2D eigenvalue weighted by molar-refractivity contribution is 0.102. The van der Waals surface area contributed by atoms with Crippen LogP contribution in [0, 0.1) is 6.92 Å². The Morgan fingerprint density at radius 2 is 2.04 bits per heavy atom. The number of sulfone groups is 1. The van der Waals surface area contributed by atoms with Gasteiger partial charge in [0.2, 0.25) is 0 Å². The highest BCUT2D eigenvalue weighted by molar-refractivity contribution is 7.90. The number of carbonyl (C=O) groups excluding carboxylic acids is 1. The number of unbranched alkanes of at least 4 members (excludes halogenated alkanes) is 1. The SMILES string of the molecule is CCCCn1nccc1NC(=O)c1cc(S(C)(=O)=O)ccc1C. The first-order valence-corrected chi connectivity index (χ1v) is 9.36. The first kappa shape index (κ1) is 17.2. The van der Waals surface area contributed by atoms with Crippen molar-refractivity contribution in [3.8, 4) is 0 Å². The van der Waals surface area contributed by atoms with Crippen LogP contribution in [0.3, 0.4) is 0 Å². The van der Waals surface area contributed by atoms with Crippen molar-refractivity contribution >= 4 is 21.6 Å². The van der Waals surface area contributed by atoms with E-state index in [9.17, 15) is 13.2 Å². The van der Waals surface area contributed by atoms with E-state index in [0.29, 0.717) is 11.4 Å². The number of rotatable bonds is 6. The van der Waals surface area contributed by atoms with Gasteiger partial charge in [-0.2, -0.15) is 5.10 Å². The van der Waals surface area contributed by atoms with Crippen LogP contribution in [-0.4, -0.2) is 30.4 Å². The third kappa shape index (κ3) is 4.19. The number of nitrogens with one attached hydrogen (secondary N) is 1. The summed E-state index contributed by atoms with van der Waals surface area (Å²) in [7, 11) is -3.36. The Hall–Kier alpha value is -2.15. The Bertz CT molecular complexity index is 810. The number of nitrogens with zero attached hydrogens (tertiary/aromatic N) is 2. The minimum atomic E-state index is -3.36. The molecule has 6 nitrogen and oxygen atoms in total. The molecule has 0 saturated heterocycles. The predicted octanol–water partition coefficient (Wildman–Crippen LogP) is 2.65. The zero-order valence-corrected chi connectivity index (χ0v) is 14.4. The summed E-state index contributed by atoms with van der Waals surface area (Å²) in [5.41, 5.74) is 1.06. The molecule has 0 fully saturated rings. The van der Waals surface area contributed by atoms with Gasteiger partial charge < -0.3 is 5.32 Å². The van der Waals surface area contributed by atoms with Crippen LogP contribution in [-0.2, 0) is 16.4 Å². The molecule has 0 saturated carbocycles. The monoisotopic (exact) mass is 335 g/mol. The van der Waals surface area contributed by atoms with Crippen LogP contribution in [0.4, 0.5) is 5.82 Å². The minimum absolute atomic E-state index is 0.132. The molecule has 1 aromatic heterocycles. The summed E-state index contributed by atoms with van der Waals surface area (Å²) >= 11 is 0. The molecule has 1 heterocycles. The van der Waals surface area contributed by atoms with Crippen LogP contribution in [0.25, 0.3) is 0 Å². The zero-order chi connectivity index (χ0) is 17.0. The van der Waals surface area contributed by atoms with E-state index in [1.165, 1.54) is 12.1 Å². The molecule has 0 aliphatic carbocycles. The topological polar surface area (TPSA) is 81.1 Å². The molecule has 0 aliphatic rings. The van der Waals surface area contributed by atoms with Gasteiger partial charge in [-0.3, -0.25) is 4.79 Å². The maximum absolute atomic E-state index is 12.5. The second kappa shape index (κ2) is 6.95. The van der Waals surface area contributed by atoms with Gasteiger partial charge in [0.25, 0.3) is 5.91 Å². The van der Waals surface area contributed by atoms with Crippen molar-refractivity contribution < 1.29 is 13.2 Å². The average molecular weight is 335 g/mol. The van der Waals surface area contributed by atoms with Gasteiger partial charge >= 0.3 is 0 Å².